The highest BCUT2D eigenvalue weighted by atomic mass is 16.5. The lowest BCUT2D eigenvalue weighted by atomic mass is 9.66. The predicted molar refractivity (Wildman–Crippen MR) is 145 cm³/mol. The van der Waals surface area contributed by atoms with Crippen LogP contribution in [0.4, 0.5) is 0 Å². The summed E-state index contributed by atoms with van der Waals surface area (Å²) in [5.74, 6) is 2.80. The summed E-state index contributed by atoms with van der Waals surface area (Å²) in [5.41, 5.74) is 0.932. The number of ether oxygens (including phenoxy) is 3. The van der Waals surface area contributed by atoms with Gasteiger partial charge in [-0.25, -0.2) is 9.59 Å². The Kier molecular flexibility index (Phi) is 10.0. The Morgan fingerprint density at radius 3 is 2.08 bits per heavy atom. The fourth-order valence-electron chi connectivity index (χ4n) is 5.99. The van der Waals surface area contributed by atoms with E-state index in [4.69, 9.17) is 14.2 Å². The first-order valence-corrected chi connectivity index (χ1v) is 14.3. The average Bonchev–Trinajstić information content (AvgIpc) is 2.92. The van der Waals surface area contributed by atoms with Crippen LogP contribution in [0.2, 0.25) is 0 Å². The van der Waals surface area contributed by atoms with Gasteiger partial charge in [-0.1, -0.05) is 46.0 Å². The van der Waals surface area contributed by atoms with Gasteiger partial charge in [-0.05, 0) is 105 Å². The second-order valence-corrected chi connectivity index (χ2v) is 10.8. The van der Waals surface area contributed by atoms with Crippen molar-refractivity contribution in [1.82, 2.24) is 0 Å². The second-order valence-electron chi connectivity index (χ2n) is 10.8. The molecule has 2 aromatic rings. The summed E-state index contributed by atoms with van der Waals surface area (Å²) < 4.78 is 17.1. The van der Waals surface area contributed by atoms with Crippen molar-refractivity contribution >= 4 is 11.9 Å². The molecular formula is C32H42O5. The third kappa shape index (κ3) is 7.83. The van der Waals surface area contributed by atoms with Crippen molar-refractivity contribution in [3.05, 3.63) is 59.7 Å². The van der Waals surface area contributed by atoms with E-state index in [1.165, 1.54) is 38.5 Å². The standard InChI is InChI=1S/C32H42O5/c1-3-5-6-20-35-28-15-10-24(11-16-28)31(33)36-29-17-12-25(13-18-29)32(34)37-30-19-14-26-21-23(7-4-2)8-9-27(26)22-30/h10-13,15-18,23,26-27,30H,3-9,14,19-22H2,1-2H3. The Balaban J connectivity index is 1.23. The van der Waals surface area contributed by atoms with Gasteiger partial charge in [0.25, 0.3) is 0 Å². The molecule has 0 saturated heterocycles. The molecule has 0 spiro atoms. The van der Waals surface area contributed by atoms with Gasteiger partial charge < -0.3 is 14.2 Å². The molecule has 200 valence electrons. The molecule has 37 heavy (non-hydrogen) atoms. The first kappa shape index (κ1) is 27.2. The number of esters is 2. The Hall–Kier alpha value is -2.82. The highest BCUT2D eigenvalue weighted by Crippen LogP contribution is 2.44. The molecule has 2 aromatic carbocycles. The quantitative estimate of drug-likeness (QED) is 0.175. The number of hydrogen-bond acceptors (Lipinski definition) is 5. The van der Waals surface area contributed by atoms with Crippen LogP contribution in [0.1, 0.15) is 105 Å². The summed E-state index contributed by atoms with van der Waals surface area (Å²) in [6, 6.07) is 13.6. The van der Waals surface area contributed by atoms with Gasteiger partial charge in [0.1, 0.15) is 17.6 Å². The van der Waals surface area contributed by atoms with Crippen LogP contribution < -0.4 is 9.47 Å². The summed E-state index contributed by atoms with van der Waals surface area (Å²) in [6.07, 6.45) is 13.0. The number of carbonyl (C=O) groups is 2. The van der Waals surface area contributed by atoms with Crippen LogP contribution in [0.25, 0.3) is 0 Å². The monoisotopic (exact) mass is 506 g/mol. The molecule has 0 radical (unpaired) electrons. The van der Waals surface area contributed by atoms with E-state index in [0.717, 1.165) is 49.7 Å². The number of unbranched alkanes of at least 4 members (excludes halogenated alkanes) is 2. The first-order valence-electron chi connectivity index (χ1n) is 14.3. The third-order valence-corrected chi connectivity index (χ3v) is 8.05. The van der Waals surface area contributed by atoms with Crippen molar-refractivity contribution in [1.29, 1.82) is 0 Å². The SMILES string of the molecule is CCCCCOc1ccc(C(=O)Oc2ccc(C(=O)OC3CCC4CC(CCC)CCC4C3)cc2)cc1. The van der Waals surface area contributed by atoms with Crippen molar-refractivity contribution in [2.24, 2.45) is 17.8 Å². The summed E-state index contributed by atoms with van der Waals surface area (Å²) in [5, 5.41) is 0. The molecule has 0 heterocycles. The largest absolute Gasteiger partial charge is 0.494 e. The lowest BCUT2D eigenvalue weighted by Crippen LogP contribution is -2.35. The lowest BCUT2D eigenvalue weighted by molar-refractivity contribution is -0.00620. The first-order chi connectivity index (χ1) is 18.1. The molecule has 4 unspecified atom stereocenters. The second kappa shape index (κ2) is 13.6. The molecule has 0 amide bonds. The van der Waals surface area contributed by atoms with Crippen LogP contribution in [-0.4, -0.2) is 24.6 Å². The number of hydrogen-bond donors (Lipinski definition) is 0. The van der Waals surface area contributed by atoms with E-state index in [2.05, 4.69) is 13.8 Å². The minimum atomic E-state index is -0.446. The maximum atomic E-state index is 12.8. The van der Waals surface area contributed by atoms with E-state index in [0.29, 0.717) is 29.4 Å². The van der Waals surface area contributed by atoms with Gasteiger partial charge in [0.2, 0.25) is 0 Å². The Bertz CT molecular complexity index is 997. The van der Waals surface area contributed by atoms with Crippen LogP contribution in [0.5, 0.6) is 11.5 Å². The van der Waals surface area contributed by atoms with Crippen molar-refractivity contribution in [2.45, 2.75) is 90.6 Å². The Morgan fingerprint density at radius 2 is 1.38 bits per heavy atom. The third-order valence-electron chi connectivity index (χ3n) is 8.05. The van der Waals surface area contributed by atoms with E-state index < -0.39 is 5.97 Å². The number of fused-ring (bicyclic) bond motifs is 1. The van der Waals surface area contributed by atoms with Crippen LogP contribution >= 0.6 is 0 Å². The molecule has 2 fully saturated rings. The number of carbonyl (C=O) groups excluding carboxylic acids is 2. The highest BCUT2D eigenvalue weighted by molar-refractivity contribution is 5.92. The van der Waals surface area contributed by atoms with E-state index >= 15 is 0 Å². The summed E-state index contributed by atoms with van der Waals surface area (Å²) >= 11 is 0. The number of benzene rings is 2. The molecule has 5 heteroatoms. The van der Waals surface area contributed by atoms with Crippen molar-refractivity contribution in [3.63, 3.8) is 0 Å². The molecule has 2 aliphatic rings. The topological polar surface area (TPSA) is 61.8 Å². The predicted octanol–water partition coefficient (Wildman–Crippen LogP) is 8.02. The van der Waals surface area contributed by atoms with E-state index in [1.807, 2.05) is 0 Å². The fraction of sp³-hybridized carbons (Fsp3) is 0.562. The fourth-order valence-corrected chi connectivity index (χ4v) is 5.99. The molecule has 2 aliphatic carbocycles. The van der Waals surface area contributed by atoms with Gasteiger partial charge >= 0.3 is 11.9 Å². The van der Waals surface area contributed by atoms with Gasteiger partial charge in [0.05, 0.1) is 17.7 Å². The molecule has 5 nitrogen and oxygen atoms in total. The molecule has 0 bridgehead atoms. The molecular weight excluding hydrogens is 464 g/mol. The lowest BCUT2D eigenvalue weighted by Gasteiger charge is -2.41. The van der Waals surface area contributed by atoms with Gasteiger partial charge in [-0.3, -0.25) is 0 Å². The molecule has 2 saturated carbocycles. The van der Waals surface area contributed by atoms with Crippen LogP contribution in [0, 0.1) is 17.8 Å². The zero-order valence-electron chi connectivity index (χ0n) is 22.5. The zero-order chi connectivity index (χ0) is 26.0. The highest BCUT2D eigenvalue weighted by Gasteiger charge is 2.36. The smallest absolute Gasteiger partial charge is 0.343 e. The molecule has 4 rings (SSSR count). The summed E-state index contributed by atoms with van der Waals surface area (Å²) in [7, 11) is 0. The minimum Gasteiger partial charge on any atom is -0.494 e. The maximum absolute atomic E-state index is 12.8. The average molecular weight is 507 g/mol. The molecule has 0 aromatic heterocycles. The normalized spacial score (nSPS) is 23.1. The Labute approximate surface area is 221 Å². The Morgan fingerprint density at radius 1 is 0.730 bits per heavy atom. The molecule has 0 N–H and O–H groups in total. The summed E-state index contributed by atoms with van der Waals surface area (Å²) in [6.45, 7) is 5.11. The van der Waals surface area contributed by atoms with E-state index in [9.17, 15) is 9.59 Å². The van der Waals surface area contributed by atoms with Crippen molar-refractivity contribution < 1.29 is 23.8 Å². The zero-order valence-corrected chi connectivity index (χ0v) is 22.5. The van der Waals surface area contributed by atoms with Gasteiger partial charge in [-0.15, -0.1) is 0 Å². The van der Waals surface area contributed by atoms with E-state index in [1.54, 1.807) is 48.5 Å². The van der Waals surface area contributed by atoms with Gasteiger partial charge in [0.15, 0.2) is 0 Å². The maximum Gasteiger partial charge on any atom is 0.343 e. The van der Waals surface area contributed by atoms with Gasteiger partial charge in [-0.2, -0.15) is 0 Å². The van der Waals surface area contributed by atoms with Gasteiger partial charge in [0, 0.05) is 0 Å². The van der Waals surface area contributed by atoms with Crippen LogP contribution in [-0.2, 0) is 4.74 Å². The van der Waals surface area contributed by atoms with Crippen molar-refractivity contribution in [3.8, 4) is 11.5 Å². The van der Waals surface area contributed by atoms with E-state index in [-0.39, 0.29) is 12.1 Å². The number of rotatable bonds is 11. The van der Waals surface area contributed by atoms with Crippen LogP contribution in [0.15, 0.2) is 48.5 Å². The molecule has 0 aliphatic heterocycles. The minimum absolute atomic E-state index is 0.00701. The molecule has 4 atom stereocenters. The summed E-state index contributed by atoms with van der Waals surface area (Å²) in [4.78, 5) is 25.3. The van der Waals surface area contributed by atoms with Crippen LogP contribution in [0.3, 0.4) is 0 Å². The van der Waals surface area contributed by atoms with Crippen molar-refractivity contribution in [2.75, 3.05) is 6.61 Å².